The number of piperidine rings is 1. The van der Waals surface area contributed by atoms with Gasteiger partial charge in [0.1, 0.15) is 0 Å². The molecule has 0 radical (unpaired) electrons. The third-order valence-electron chi connectivity index (χ3n) is 4.19. The van der Waals surface area contributed by atoms with Crippen LogP contribution in [0.3, 0.4) is 0 Å². The highest BCUT2D eigenvalue weighted by atomic mass is 32.2. The lowest BCUT2D eigenvalue weighted by Crippen LogP contribution is -2.49. The summed E-state index contributed by atoms with van der Waals surface area (Å²) in [5, 5.41) is 0. The van der Waals surface area contributed by atoms with E-state index in [9.17, 15) is 18.0 Å². The number of nitrogens with zero attached hydrogens (tertiary/aromatic N) is 4. The van der Waals surface area contributed by atoms with Gasteiger partial charge in [-0.15, -0.1) is 0 Å². The molecular weight excluding hydrogens is 308 g/mol. The molecule has 0 aromatic carbocycles. The second-order valence-electron chi connectivity index (χ2n) is 5.83. The van der Waals surface area contributed by atoms with Gasteiger partial charge in [0.15, 0.2) is 4.90 Å². The first-order chi connectivity index (χ1) is 10.2. The van der Waals surface area contributed by atoms with Gasteiger partial charge < -0.3 is 9.47 Å². The van der Waals surface area contributed by atoms with E-state index in [1.165, 1.54) is 25.4 Å². The molecule has 0 spiro atoms. The maximum Gasteiger partial charge on any atom is 0.330 e. The summed E-state index contributed by atoms with van der Waals surface area (Å²) in [5.74, 6) is 0. The third-order valence-corrected chi connectivity index (χ3v) is 6.08. The Hall–Kier alpha value is -1.45. The van der Waals surface area contributed by atoms with Gasteiger partial charge in [0.25, 0.3) is 5.56 Å². The fourth-order valence-electron chi connectivity index (χ4n) is 2.74. The lowest BCUT2D eigenvalue weighted by molar-refractivity contribution is 0.187. The standard InChI is InChI=1S/C13H22N4O4S/c1-14-7-5-6-10(8-14)17(4)22(20,21)11-9-15(2)13(19)16(3)12(11)18/h9-10H,5-8H2,1-4H3. The Balaban J connectivity index is 2.47. The number of aryl methyl sites for hydroxylation is 1. The molecule has 1 saturated heterocycles. The van der Waals surface area contributed by atoms with Crippen LogP contribution in [0, 0.1) is 0 Å². The third kappa shape index (κ3) is 2.88. The van der Waals surface area contributed by atoms with Gasteiger partial charge in [-0.05, 0) is 26.4 Å². The second kappa shape index (κ2) is 5.98. The van der Waals surface area contributed by atoms with Gasteiger partial charge in [0, 0.05) is 39.9 Å². The fourth-order valence-corrected chi connectivity index (χ4v) is 4.26. The van der Waals surface area contributed by atoms with E-state index in [4.69, 9.17) is 0 Å². The Morgan fingerprint density at radius 3 is 2.45 bits per heavy atom. The predicted octanol–water partition coefficient (Wildman–Crippen LogP) is -1.20. The largest absolute Gasteiger partial charge is 0.330 e. The number of hydrogen-bond acceptors (Lipinski definition) is 5. The van der Waals surface area contributed by atoms with E-state index >= 15 is 0 Å². The summed E-state index contributed by atoms with van der Waals surface area (Å²) in [5.41, 5.74) is -1.34. The van der Waals surface area contributed by atoms with Gasteiger partial charge in [-0.2, -0.15) is 4.31 Å². The molecule has 0 amide bonds. The molecule has 2 heterocycles. The zero-order valence-electron chi connectivity index (χ0n) is 13.3. The van der Waals surface area contributed by atoms with E-state index in [2.05, 4.69) is 4.90 Å². The molecule has 0 N–H and O–H groups in total. The number of likely N-dealkylation sites (N-methyl/N-ethyl adjacent to an activating group) is 2. The normalized spacial score (nSPS) is 20.5. The highest BCUT2D eigenvalue weighted by Gasteiger charge is 2.33. The highest BCUT2D eigenvalue weighted by Crippen LogP contribution is 2.19. The SMILES string of the molecule is CN1CCCC(N(C)S(=O)(=O)c2cn(C)c(=O)n(C)c2=O)C1. The Morgan fingerprint density at radius 2 is 1.86 bits per heavy atom. The molecule has 1 aliphatic heterocycles. The average molecular weight is 330 g/mol. The van der Waals surface area contributed by atoms with E-state index in [0.29, 0.717) is 6.54 Å². The van der Waals surface area contributed by atoms with E-state index in [1.807, 2.05) is 7.05 Å². The van der Waals surface area contributed by atoms with Gasteiger partial charge in [0.2, 0.25) is 10.0 Å². The van der Waals surface area contributed by atoms with Crippen molar-refractivity contribution in [2.75, 3.05) is 27.2 Å². The molecule has 1 unspecified atom stereocenters. The van der Waals surface area contributed by atoms with Crippen LogP contribution in [0.2, 0.25) is 0 Å². The molecule has 0 bridgehead atoms. The van der Waals surface area contributed by atoms with E-state index in [0.717, 1.165) is 34.7 Å². The van der Waals surface area contributed by atoms with Crippen molar-refractivity contribution >= 4 is 10.0 Å². The number of sulfonamides is 1. The van der Waals surface area contributed by atoms with Crippen molar-refractivity contribution in [3.8, 4) is 0 Å². The summed E-state index contributed by atoms with van der Waals surface area (Å²) < 4.78 is 28.7. The van der Waals surface area contributed by atoms with Gasteiger partial charge >= 0.3 is 5.69 Å². The maximum absolute atomic E-state index is 12.8. The summed E-state index contributed by atoms with van der Waals surface area (Å²) in [6, 6.07) is -0.175. The first-order valence-electron chi connectivity index (χ1n) is 7.09. The van der Waals surface area contributed by atoms with Crippen LogP contribution in [0.15, 0.2) is 20.7 Å². The highest BCUT2D eigenvalue weighted by molar-refractivity contribution is 7.89. The van der Waals surface area contributed by atoms with E-state index in [-0.39, 0.29) is 10.9 Å². The average Bonchev–Trinajstić information content (AvgIpc) is 2.47. The van der Waals surface area contributed by atoms with Crippen molar-refractivity contribution in [1.82, 2.24) is 18.3 Å². The van der Waals surface area contributed by atoms with Crippen molar-refractivity contribution < 1.29 is 8.42 Å². The minimum Gasteiger partial charge on any atom is -0.305 e. The Morgan fingerprint density at radius 1 is 1.23 bits per heavy atom. The topological polar surface area (TPSA) is 84.6 Å². The Kier molecular flexibility index (Phi) is 4.59. The Labute approximate surface area is 129 Å². The van der Waals surface area contributed by atoms with E-state index in [1.54, 1.807) is 0 Å². The molecule has 1 atom stereocenters. The van der Waals surface area contributed by atoms with Crippen molar-refractivity contribution in [2.45, 2.75) is 23.8 Å². The van der Waals surface area contributed by atoms with Crippen molar-refractivity contribution in [3.63, 3.8) is 0 Å². The summed E-state index contributed by atoms with van der Waals surface area (Å²) in [7, 11) is 2.19. The molecule has 0 saturated carbocycles. The van der Waals surface area contributed by atoms with Crippen LogP contribution in [0.5, 0.6) is 0 Å². The molecular formula is C13H22N4O4S. The summed E-state index contributed by atoms with van der Waals surface area (Å²) >= 11 is 0. The number of aromatic nitrogens is 2. The lowest BCUT2D eigenvalue weighted by atomic mass is 10.1. The minimum atomic E-state index is -3.94. The summed E-state index contributed by atoms with van der Waals surface area (Å²) in [6.07, 6.45) is 2.77. The minimum absolute atomic E-state index is 0.175. The molecule has 2 rings (SSSR count). The van der Waals surface area contributed by atoms with Gasteiger partial charge in [-0.1, -0.05) is 0 Å². The molecule has 1 aliphatic rings. The Bertz CT molecular complexity index is 780. The number of hydrogen-bond donors (Lipinski definition) is 0. The lowest BCUT2D eigenvalue weighted by Gasteiger charge is -2.35. The smallest absolute Gasteiger partial charge is 0.305 e. The van der Waals surface area contributed by atoms with Gasteiger partial charge in [-0.3, -0.25) is 9.36 Å². The maximum atomic E-state index is 12.8. The predicted molar refractivity (Wildman–Crippen MR) is 82.4 cm³/mol. The molecule has 1 fully saturated rings. The van der Waals surface area contributed by atoms with Crippen molar-refractivity contribution in [2.24, 2.45) is 14.1 Å². The monoisotopic (exact) mass is 330 g/mol. The summed E-state index contributed by atoms with van der Waals surface area (Å²) in [6.45, 7) is 1.56. The second-order valence-corrected chi connectivity index (χ2v) is 7.80. The van der Waals surface area contributed by atoms with Crippen molar-refractivity contribution in [1.29, 1.82) is 0 Å². The van der Waals surface area contributed by atoms with Gasteiger partial charge in [-0.25, -0.2) is 13.2 Å². The fraction of sp³-hybridized carbons (Fsp3) is 0.692. The van der Waals surface area contributed by atoms with Crippen LogP contribution in [0.1, 0.15) is 12.8 Å². The summed E-state index contributed by atoms with van der Waals surface area (Å²) in [4.78, 5) is 25.6. The van der Waals surface area contributed by atoms with Crippen LogP contribution >= 0.6 is 0 Å². The molecule has 124 valence electrons. The molecule has 9 heteroatoms. The zero-order valence-corrected chi connectivity index (χ0v) is 14.1. The quantitative estimate of drug-likeness (QED) is 0.695. The molecule has 8 nitrogen and oxygen atoms in total. The zero-order chi connectivity index (χ0) is 16.7. The van der Waals surface area contributed by atoms with Crippen LogP contribution < -0.4 is 11.2 Å². The number of rotatable bonds is 3. The molecule has 1 aromatic rings. The van der Waals surface area contributed by atoms with Crippen LogP contribution in [-0.4, -0.2) is 60.0 Å². The molecule has 22 heavy (non-hydrogen) atoms. The van der Waals surface area contributed by atoms with Crippen LogP contribution in [0.25, 0.3) is 0 Å². The number of likely N-dealkylation sites (tertiary alicyclic amines) is 1. The first kappa shape index (κ1) is 16.9. The first-order valence-corrected chi connectivity index (χ1v) is 8.53. The van der Waals surface area contributed by atoms with Crippen molar-refractivity contribution in [3.05, 3.63) is 27.0 Å². The van der Waals surface area contributed by atoms with Crippen LogP contribution in [-0.2, 0) is 24.1 Å². The van der Waals surface area contributed by atoms with E-state index < -0.39 is 21.3 Å². The van der Waals surface area contributed by atoms with Gasteiger partial charge in [0.05, 0.1) is 0 Å². The molecule has 0 aliphatic carbocycles. The van der Waals surface area contributed by atoms with Crippen LogP contribution in [0.4, 0.5) is 0 Å². The molecule has 1 aromatic heterocycles.